The maximum absolute atomic E-state index is 10.4. The van der Waals surface area contributed by atoms with Gasteiger partial charge in [0.25, 0.3) is 0 Å². The summed E-state index contributed by atoms with van der Waals surface area (Å²) in [6.45, 7) is 3.40. The molecule has 0 fully saturated rings. The maximum Gasteiger partial charge on any atom is 0.320 e. The quantitative estimate of drug-likeness (QED) is 0.689. The van der Waals surface area contributed by atoms with Crippen molar-refractivity contribution in [1.29, 1.82) is 0 Å². The molecule has 0 unspecified atom stereocenters. The molecule has 1 aromatic carbocycles. The van der Waals surface area contributed by atoms with Crippen LogP contribution in [0, 0.1) is 0 Å². The van der Waals surface area contributed by atoms with E-state index in [1.165, 1.54) is 6.92 Å². The summed E-state index contributed by atoms with van der Waals surface area (Å²) in [4.78, 5) is 25.3. The molecule has 1 aromatic rings. The van der Waals surface area contributed by atoms with Gasteiger partial charge in [0, 0.05) is 6.92 Å². The van der Waals surface area contributed by atoms with Gasteiger partial charge in [0.15, 0.2) is 5.75 Å². The summed E-state index contributed by atoms with van der Waals surface area (Å²) in [7, 11) is 0. The third-order valence-corrected chi connectivity index (χ3v) is 2.24. The van der Waals surface area contributed by atoms with E-state index in [2.05, 4.69) is 5.48 Å². The number of nitrogens with two attached hydrogens (primary N) is 1. The number of rotatable bonds is 6. The molecular formula is C14H22N2O4. The summed E-state index contributed by atoms with van der Waals surface area (Å²) in [5, 5.41) is 8.28. The molecule has 1 atom stereocenters. The first-order valence-corrected chi connectivity index (χ1v) is 6.44. The summed E-state index contributed by atoms with van der Waals surface area (Å²) in [5.74, 6) is -0.486. The van der Waals surface area contributed by atoms with Gasteiger partial charge in [-0.1, -0.05) is 38.0 Å². The SMILES string of the molecule is CC(=O)NOc1ccccc1.CCCC[C@H](N)C(=O)O. The van der Waals surface area contributed by atoms with Crippen LogP contribution in [0.2, 0.25) is 0 Å². The molecule has 1 rings (SSSR count). The van der Waals surface area contributed by atoms with E-state index in [0.29, 0.717) is 12.2 Å². The summed E-state index contributed by atoms with van der Waals surface area (Å²) in [6.07, 6.45) is 2.49. The molecule has 0 aromatic heterocycles. The molecule has 6 heteroatoms. The van der Waals surface area contributed by atoms with Gasteiger partial charge in [0.2, 0.25) is 5.91 Å². The van der Waals surface area contributed by atoms with Crippen molar-refractivity contribution in [3.8, 4) is 5.75 Å². The highest BCUT2D eigenvalue weighted by Gasteiger charge is 2.08. The van der Waals surface area contributed by atoms with E-state index in [1.807, 2.05) is 25.1 Å². The normalized spacial score (nSPS) is 10.8. The molecule has 6 nitrogen and oxygen atoms in total. The summed E-state index contributed by atoms with van der Waals surface area (Å²) < 4.78 is 0. The van der Waals surface area contributed by atoms with Gasteiger partial charge in [-0.05, 0) is 18.6 Å². The zero-order valence-corrected chi connectivity index (χ0v) is 11.8. The fourth-order valence-electron chi connectivity index (χ4n) is 1.17. The van der Waals surface area contributed by atoms with E-state index in [1.54, 1.807) is 12.1 Å². The van der Waals surface area contributed by atoms with Crippen LogP contribution in [0.1, 0.15) is 33.1 Å². The predicted molar refractivity (Wildman–Crippen MR) is 76.0 cm³/mol. The Morgan fingerprint density at radius 2 is 1.95 bits per heavy atom. The van der Waals surface area contributed by atoms with Crippen molar-refractivity contribution in [3.05, 3.63) is 30.3 Å². The van der Waals surface area contributed by atoms with Crippen LogP contribution in [0.15, 0.2) is 30.3 Å². The van der Waals surface area contributed by atoms with Crippen LogP contribution in [0.4, 0.5) is 0 Å². The second-order valence-corrected chi connectivity index (χ2v) is 4.16. The minimum atomic E-state index is -0.900. The number of benzene rings is 1. The Kier molecular flexibility index (Phi) is 9.68. The van der Waals surface area contributed by atoms with Gasteiger partial charge in [-0.15, -0.1) is 0 Å². The van der Waals surface area contributed by atoms with Crippen LogP contribution in [0.25, 0.3) is 0 Å². The second-order valence-electron chi connectivity index (χ2n) is 4.16. The van der Waals surface area contributed by atoms with Crippen molar-refractivity contribution in [2.24, 2.45) is 5.73 Å². The molecule has 0 saturated heterocycles. The lowest BCUT2D eigenvalue weighted by Crippen LogP contribution is -2.29. The highest BCUT2D eigenvalue weighted by atomic mass is 16.7. The first kappa shape index (κ1) is 17.9. The number of unbranched alkanes of at least 4 members (excludes halogenated alkanes) is 1. The Hall–Kier alpha value is -2.08. The molecule has 1 amide bonds. The van der Waals surface area contributed by atoms with Gasteiger partial charge in [0.05, 0.1) is 0 Å². The Morgan fingerprint density at radius 3 is 2.40 bits per heavy atom. The number of hydrogen-bond donors (Lipinski definition) is 3. The number of carboxylic acids is 1. The van der Waals surface area contributed by atoms with E-state index >= 15 is 0 Å². The van der Waals surface area contributed by atoms with E-state index in [0.717, 1.165) is 12.8 Å². The van der Waals surface area contributed by atoms with Crippen molar-refractivity contribution in [2.45, 2.75) is 39.2 Å². The van der Waals surface area contributed by atoms with Crippen molar-refractivity contribution < 1.29 is 19.5 Å². The van der Waals surface area contributed by atoms with E-state index in [9.17, 15) is 9.59 Å². The second kappa shape index (κ2) is 10.8. The number of hydrogen-bond acceptors (Lipinski definition) is 4. The van der Waals surface area contributed by atoms with Gasteiger partial charge in [-0.25, -0.2) is 0 Å². The first-order valence-electron chi connectivity index (χ1n) is 6.44. The fourth-order valence-corrected chi connectivity index (χ4v) is 1.17. The number of nitrogens with one attached hydrogen (secondary N) is 1. The van der Waals surface area contributed by atoms with Crippen molar-refractivity contribution in [2.75, 3.05) is 0 Å². The number of hydroxylamine groups is 1. The van der Waals surface area contributed by atoms with E-state index < -0.39 is 12.0 Å². The monoisotopic (exact) mass is 282 g/mol. The number of carbonyl (C=O) groups excluding carboxylic acids is 1. The lowest BCUT2D eigenvalue weighted by molar-refractivity contribution is -0.138. The predicted octanol–water partition coefficient (Wildman–Crippen LogP) is 1.71. The average Bonchev–Trinajstić information content (AvgIpc) is 2.44. The molecule has 4 N–H and O–H groups in total. The van der Waals surface area contributed by atoms with Crippen molar-refractivity contribution >= 4 is 11.9 Å². The summed E-state index contributed by atoms with van der Waals surface area (Å²) in [5.41, 5.74) is 7.43. The van der Waals surface area contributed by atoms with E-state index in [-0.39, 0.29) is 5.91 Å². The van der Waals surface area contributed by atoms with Gasteiger partial charge in [-0.3, -0.25) is 9.59 Å². The largest absolute Gasteiger partial charge is 0.480 e. The van der Waals surface area contributed by atoms with Gasteiger partial charge in [-0.2, -0.15) is 5.48 Å². The molecule has 0 aliphatic rings. The topological polar surface area (TPSA) is 102 Å². The van der Waals surface area contributed by atoms with Gasteiger partial charge >= 0.3 is 5.97 Å². The summed E-state index contributed by atoms with van der Waals surface area (Å²) >= 11 is 0. The summed E-state index contributed by atoms with van der Waals surface area (Å²) in [6, 6.07) is 8.39. The first-order chi connectivity index (χ1) is 9.47. The zero-order valence-electron chi connectivity index (χ0n) is 11.8. The number of carbonyl (C=O) groups is 2. The number of para-hydroxylation sites is 1. The van der Waals surface area contributed by atoms with Crippen LogP contribution < -0.4 is 16.1 Å². The fraction of sp³-hybridized carbons (Fsp3) is 0.429. The lowest BCUT2D eigenvalue weighted by Gasteiger charge is -2.02. The van der Waals surface area contributed by atoms with Crippen LogP contribution >= 0.6 is 0 Å². The van der Waals surface area contributed by atoms with E-state index in [4.69, 9.17) is 15.7 Å². The Morgan fingerprint density at radius 1 is 1.35 bits per heavy atom. The lowest BCUT2D eigenvalue weighted by atomic mass is 10.1. The highest BCUT2D eigenvalue weighted by Crippen LogP contribution is 2.05. The average molecular weight is 282 g/mol. The molecule has 0 aliphatic carbocycles. The molecule has 0 spiro atoms. The van der Waals surface area contributed by atoms with Crippen LogP contribution in [0.3, 0.4) is 0 Å². The Bertz CT molecular complexity index is 395. The minimum Gasteiger partial charge on any atom is -0.480 e. The highest BCUT2D eigenvalue weighted by molar-refractivity contribution is 5.73. The number of amides is 1. The zero-order chi connectivity index (χ0) is 15.4. The molecule has 0 aliphatic heterocycles. The van der Waals surface area contributed by atoms with Gasteiger partial charge in [0.1, 0.15) is 6.04 Å². The number of carboxylic acid groups (broad SMARTS) is 1. The standard InChI is InChI=1S/C8H9NO2.C6H13NO2/c1-7(10)9-11-8-5-3-2-4-6-8;1-2-3-4-5(7)6(8)9/h2-6H,1H3,(H,9,10);5H,2-4,7H2,1H3,(H,8,9)/t;5-/m.0/s1. The van der Waals surface area contributed by atoms with Crippen LogP contribution in [-0.4, -0.2) is 23.0 Å². The molecule has 0 heterocycles. The van der Waals surface area contributed by atoms with Gasteiger partial charge < -0.3 is 15.7 Å². The maximum atomic E-state index is 10.4. The van der Waals surface area contributed by atoms with Crippen molar-refractivity contribution in [3.63, 3.8) is 0 Å². The number of aliphatic carboxylic acids is 1. The Balaban J connectivity index is 0.000000370. The molecule has 0 saturated carbocycles. The minimum absolute atomic E-state index is 0.214. The third-order valence-electron chi connectivity index (χ3n) is 2.24. The Labute approximate surface area is 118 Å². The van der Waals surface area contributed by atoms with Crippen LogP contribution in [0.5, 0.6) is 5.75 Å². The third kappa shape index (κ3) is 9.90. The smallest absolute Gasteiger partial charge is 0.320 e. The molecule has 0 radical (unpaired) electrons. The molecule has 20 heavy (non-hydrogen) atoms. The van der Waals surface area contributed by atoms with Crippen LogP contribution in [-0.2, 0) is 9.59 Å². The molecular weight excluding hydrogens is 260 g/mol. The molecule has 112 valence electrons. The molecule has 0 bridgehead atoms. The van der Waals surface area contributed by atoms with Crippen molar-refractivity contribution in [1.82, 2.24) is 5.48 Å².